The van der Waals surface area contributed by atoms with Crippen molar-refractivity contribution in [1.82, 2.24) is 5.32 Å². The number of benzene rings is 1. The maximum Gasteiger partial charge on any atom is 0.407 e. The first kappa shape index (κ1) is 15.2. The number of ether oxygens (including phenoxy) is 1. The molecule has 0 unspecified atom stereocenters. The van der Waals surface area contributed by atoms with Gasteiger partial charge in [0, 0.05) is 6.54 Å². The van der Waals surface area contributed by atoms with Crippen molar-refractivity contribution in [3.63, 3.8) is 0 Å². The molecule has 0 saturated heterocycles. The van der Waals surface area contributed by atoms with E-state index in [1.807, 2.05) is 33.8 Å². The zero-order valence-electron chi connectivity index (χ0n) is 11.8. The molecule has 1 aromatic rings. The number of alkyl carbamates (subject to hydrolysis) is 1. The van der Waals surface area contributed by atoms with Crippen molar-refractivity contribution in [3.8, 4) is 0 Å². The van der Waals surface area contributed by atoms with E-state index in [2.05, 4.69) is 5.32 Å². The summed E-state index contributed by atoms with van der Waals surface area (Å²) in [6, 6.07) is 4.59. The van der Waals surface area contributed by atoms with E-state index in [1.54, 1.807) is 12.1 Å². The van der Waals surface area contributed by atoms with Crippen LogP contribution in [0.1, 0.15) is 31.9 Å². The summed E-state index contributed by atoms with van der Waals surface area (Å²) in [5.41, 5.74) is 1.28. The molecule has 1 N–H and O–H groups in total. The Bertz CT molecular complexity index is 476. The lowest BCUT2D eigenvalue weighted by Gasteiger charge is -2.19. The largest absolute Gasteiger partial charge is 0.444 e. The van der Waals surface area contributed by atoms with Crippen LogP contribution in [0.4, 0.5) is 9.18 Å². The monoisotopic (exact) mass is 265 g/mol. The van der Waals surface area contributed by atoms with Gasteiger partial charge in [0.2, 0.25) is 0 Å². The van der Waals surface area contributed by atoms with Gasteiger partial charge in [-0.3, -0.25) is 0 Å². The van der Waals surface area contributed by atoms with Crippen LogP contribution in [0.25, 0.3) is 6.08 Å². The third kappa shape index (κ3) is 6.04. The highest BCUT2D eigenvalue weighted by atomic mass is 19.1. The Balaban J connectivity index is 2.44. The number of halogens is 1. The predicted molar refractivity (Wildman–Crippen MR) is 74.4 cm³/mol. The first-order chi connectivity index (χ1) is 8.78. The average molecular weight is 265 g/mol. The van der Waals surface area contributed by atoms with Gasteiger partial charge in [0.15, 0.2) is 0 Å². The molecule has 1 rings (SSSR count). The maximum atomic E-state index is 12.9. The molecule has 0 aliphatic rings. The number of rotatable bonds is 3. The van der Waals surface area contributed by atoms with E-state index < -0.39 is 11.7 Å². The first-order valence-corrected chi connectivity index (χ1v) is 6.17. The van der Waals surface area contributed by atoms with Crippen LogP contribution in [0.2, 0.25) is 0 Å². The molecule has 0 aromatic heterocycles. The molecule has 0 aliphatic carbocycles. The molecule has 0 bridgehead atoms. The van der Waals surface area contributed by atoms with Gasteiger partial charge in [-0.25, -0.2) is 9.18 Å². The quantitative estimate of drug-likeness (QED) is 0.905. The molecule has 3 nitrogen and oxygen atoms in total. The van der Waals surface area contributed by atoms with Crippen LogP contribution >= 0.6 is 0 Å². The molecule has 19 heavy (non-hydrogen) atoms. The van der Waals surface area contributed by atoms with E-state index in [-0.39, 0.29) is 5.82 Å². The van der Waals surface area contributed by atoms with E-state index in [0.29, 0.717) is 6.54 Å². The summed E-state index contributed by atoms with van der Waals surface area (Å²) >= 11 is 0. The lowest BCUT2D eigenvalue weighted by atomic mass is 10.1. The highest BCUT2D eigenvalue weighted by molar-refractivity contribution is 5.68. The van der Waals surface area contributed by atoms with Crippen molar-refractivity contribution in [1.29, 1.82) is 0 Å². The van der Waals surface area contributed by atoms with Crippen molar-refractivity contribution in [2.75, 3.05) is 6.54 Å². The van der Waals surface area contributed by atoms with Crippen LogP contribution < -0.4 is 5.32 Å². The number of amides is 1. The van der Waals surface area contributed by atoms with Crippen LogP contribution in [-0.2, 0) is 4.74 Å². The summed E-state index contributed by atoms with van der Waals surface area (Å²) in [5, 5.41) is 2.62. The van der Waals surface area contributed by atoms with Gasteiger partial charge in [-0.2, -0.15) is 0 Å². The molecule has 0 spiro atoms. The second-order valence-corrected chi connectivity index (χ2v) is 5.29. The Hall–Kier alpha value is -1.84. The third-order valence-corrected chi connectivity index (χ3v) is 2.29. The standard InChI is InChI=1S/C15H20FNO2/c1-11-10-13(16)8-7-12(11)6-5-9-17-14(18)19-15(2,3)4/h5-8,10H,9H2,1-4H3,(H,17,18). The van der Waals surface area contributed by atoms with Crippen LogP contribution in [-0.4, -0.2) is 18.2 Å². The first-order valence-electron chi connectivity index (χ1n) is 6.17. The van der Waals surface area contributed by atoms with Crippen LogP contribution in [0.3, 0.4) is 0 Å². The number of carbonyl (C=O) groups is 1. The second kappa shape index (κ2) is 6.36. The minimum absolute atomic E-state index is 0.249. The van der Waals surface area contributed by atoms with Crippen molar-refractivity contribution in [2.45, 2.75) is 33.3 Å². The molecule has 0 radical (unpaired) electrons. The summed E-state index contributed by atoms with van der Waals surface area (Å²) in [4.78, 5) is 11.4. The van der Waals surface area contributed by atoms with Crippen molar-refractivity contribution < 1.29 is 13.9 Å². The van der Waals surface area contributed by atoms with Gasteiger partial charge in [-0.05, 0) is 51.0 Å². The Morgan fingerprint density at radius 2 is 2.11 bits per heavy atom. The fourth-order valence-corrected chi connectivity index (χ4v) is 1.47. The predicted octanol–water partition coefficient (Wildman–Crippen LogP) is 3.67. The van der Waals surface area contributed by atoms with E-state index in [0.717, 1.165) is 11.1 Å². The Morgan fingerprint density at radius 3 is 2.68 bits per heavy atom. The number of hydrogen-bond donors (Lipinski definition) is 1. The van der Waals surface area contributed by atoms with Crippen LogP contribution in [0.15, 0.2) is 24.3 Å². The number of nitrogens with one attached hydrogen (secondary N) is 1. The molecule has 0 fully saturated rings. The molecule has 0 heterocycles. The number of hydrogen-bond acceptors (Lipinski definition) is 2. The zero-order chi connectivity index (χ0) is 14.5. The molecule has 0 aliphatic heterocycles. The van der Waals surface area contributed by atoms with Gasteiger partial charge in [-0.1, -0.05) is 18.2 Å². The molecule has 4 heteroatoms. The van der Waals surface area contributed by atoms with Gasteiger partial charge in [0.1, 0.15) is 11.4 Å². The molecule has 104 valence electrons. The molecule has 1 amide bonds. The van der Waals surface area contributed by atoms with Crippen LogP contribution in [0, 0.1) is 12.7 Å². The SMILES string of the molecule is Cc1cc(F)ccc1C=CCNC(=O)OC(C)(C)C. The minimum Gasteiger partial charge on any atom is -0.444 e. The second-order valence-electron chi connectivity index (χ2n) is 5.29. The van der Waals surface area contributed by atoms with Gasteiger partial charge >= 0.3 is 6.09 Å². The number of carbonyl (C=O) groups excluding carboxylic acids is 1. The lowest BCUT2D eigenvalue weighted by molar-refractivity contribution is 0.0534. The normalized spacial score (nSPS) is 11.6. The molecular formula is C15H20FNO2. The maximum absolute atomic E-state index is 12.9. The molecule has 0 atom stereocenters. The summed E-state index contributed by atoms with van der Waals surface area (Å²) in [5.74, 6) is -0.249. The van der Waals surface area contributed by atoms with Gasteiger partial charge in [0.25, 0.3) is 0 Å². The zero-order valence-corrected chi connectivity index (χ0v) is 11.8. The minimum atomic E-state index is -0.499. The molecular weight excluding hydrogens is 245 g/mol. The topological polar surface area (TPSA) is 38.3 Å². The van der Waals surface area contributed by atoms with Gasteiger partial charge in [-0.15, -0.1) is 0 Å². The van der Waals surface area contributed by atoms with E-state index in [9.17, 15) is 9.18 Å². The Kier molecular flexibility index (Phi) is 5.10. The molecule has 0 saturated carbocycles. The van der Waals surface area contributed by atoms with Crippen molar-refractivity contribution in [3.05, 3.63) is 41.2 Å². The van der Waals surface area contributed by atoms with Crippen LogP contribution in [0.5, 0.6) is 0 Å². The molecule has 1 aromatic carbocycles. The Labute approximate surface area is 113 Å². The summed E-state index contributed by atoms with van der Waals surface area (Å²) in [7, 11) is 0. The van der Waals surface area contributed by atoms with Gasteiger partial charge in [0.05, 0.1) is 0 Å². The van der Waals surface area contributed by atoms with E-state index in [1.165, 1.54) is 12.1 Å². The third-order valence-electron chi connectivity index (χ3n) is 2.29. The fourth-order valence-electron chi connectivity index (χ4n) is 1.47. The smallest absolute Gasteiger partial charge is 0.407 e. The summed E-state index contributed by atoms with van der Waals surface area (Å²) in [6.07, 6.45) is 3.18. The average Bonchev–Trinajstić information content (AvgIpc) is 2.24. The highest BCUT2D eigenvalue weighted by Crippen LogP contribution is 2.11. The number of aryl methyl sites for hydroxylation is 1. The lowest BCUT2D eigenvalue weighted by Crippen LogP contribution is -2.32. The summed E-state index contributed by atoms with van der Waals surface area (Å²) in [6.45, 7) is 7.63. The van der Waals surface area contributed by atoms with E-state index >= 15 is 0 Å². The highest BCUT2D eigenvalue weighted by Gasteiger charge is 2.14. The Morgan fingerprint density at radius 1 is 1.42 bits per heavy atom. The van der Waals surface area contributed by atoms with E-state index in [4.69, 9.17) is 4.74 Å². The van der Waals surface area contributed by atoms with Crippen molar-refractivity contribution >= 4 is 12.2 Å². The van der Waals surface area contributed by atoms with Gasteiger partial charge < -0.3 is 10.1 Å². The fraction of sp³-hybridized carbons (Fsp3) is 0.400. The van der Waals surface area contributed by atoms with Crippen molar-refractivity contribution in [2.24, 2.45) is 0 Å². The summed E-state index contributed by atoms with van der Waals surface area (Å²) < 4.78 is 18.0.